The predicted octanol–water partition coefficient (Wildman–Crippen LogP) is 2.90. The van der Waals surface area contributed by atoms with E-state index < -0.39 is 0 Å². The van der Waals surface area contributed by atoms with Gasteiger partial charge in [0.2, 0.25) is 0 Å². The number of nitro groups is 1. The van der Waals surface area contributed by atoms with Gasteiger partial charge in [0.1, 0.15) is 5.39 Å². The highest BCUT2D eigenvalue weighted by molar-refractivity contribution is 6.01. The van der Waals surface area contributed by atoms with Crippen LogP contribution in [-0.4, -0.2) is 36.2 Å². The number of anilines is 1. The molecular formula is C16H19N3O3. The molecule has 0 N–H and O–H groups in total. The lowest BCUT2D eigenvalue weighted by atomic mass is 10.0. The number of hydrogen-bond acceptors (Lipinski definition) is 5. The van der Waals surface area contributed by atoms with Gasteiger partial charge in [0, 0.05) is 24.3 Å². The minimum atomic E-state index is -0.294. The minimum Gasteiger partial charge on any atom is -0.378 e. The fraction of sp³-hybridized carbons (Fsp3) is 0.438. The summed E-state index contributed by atoms with van der Waals surface area (Å²) in [7, 11) is 0. The Morgan fingerprint density at radius 1 is 1.18 bits per heavy atom. The normalized spacial score (nSPS) is 15.3. The van der Waals surface area contributed by atoms with Gasteiger partial charge in [-0.2, -0.15) is 0 Å². The van der Waals surface area contributed by atoms with Crippen molar-refractivity contribution in [1.29, 1.82) is 0 Å². The molecule has 0 aliphatic carbocycles. The molecule has 0 radical (unpaired) electrons. The zero-order valence-corrected chi connectivity index (χ0v) is 13.0. The first kappa shape index (κ1) is 14.7. The van der Waals surface area contributed by atoms with Crippen molar-refractivity contribution in [3.8, 4) is 0 Å². The summed E-state index contributed by atoms with van der Waals surface area (Å²) in [4.78, 5) is 18.0. The van der Waals surface area contributed by atoms with Gasteiger partial charge in [0.05, 0.1) is 29.3 Å². The largest absolute Gasteiger partial charge is 0.378 e. The Morgan fingerprint density at radius 3 is 2.50 bits per heavy atom. The van der Waals surface area contributed by atoms with Crippen LogP contribution in [0.4, 0.5) is 11.4 Å². The third kappa shape index (κ3) is 2.39. The zero-order chi connectivity index (χ0) is 15.9. The van der Waals surface area contributed by atoms with Crippen LogP contribution in [-0.2, 0) is 4.74 Å². The first-order valence-electron chi connectivity index (χ1n) is 7.37. The Bertz CT molecular complexity index is 752. The molecule has 2 aromatic rings. The Hall–Kier alpha value is -2.21. The van der Waals surface area contributed by atoms with Gasteiger partial charge in [0.15, 0.2) is 0 Å². The Morgan fingerprint density at radius 2 is 1.86 bits per heavy atom. The van der Waals surface area contributed by atoms with Gasteiger partial charge in [-0.05, 0) is 38.5 Å². The van der Waals surface area contributed by atoms with E-state index in [0.29, 0.717) is 24.2 Å². The molecule has 1 aliphatic heterocycles. The molecule has 22 heavy (non-hydrogen) atoms. The quantitative estimate of drug-likeness (QED) is 0.630. The zero-order valence-electron chi connectivity index (χ0n) is 13.0. The van der Waals surface area contributed by atoms with Crippen LogP contribution in [0.3, 0.4) is 0 Å². The summed E-state index contributed by atoms with van der Waals surface area (Å²) in [5.74, 6) is 0. The lowest BCUT2D eigenvalue weighted by Gasteiger charge is -2.30. The van der Waals surface area contributed by atoms with Gasteiger partial charge in [-0.25, -0.2) is 0 Å². The molecule has 6 heteroatoms. The van der Waals surface area contributed by atoms with Gasteiger partial charge in [-0.3, -0.25) is 15.1 Å². The van der Waals surface area contributed by atoms with E-state index in [4.69, 9.17) is 4.74 Å². The lowest BCUT2D eigenvalue weighted by molar-refractivity contribution is -0.383. The predicted molar refractivity (Wildman–Crippen MR) is 85.6 cm³/mol. The second kappa shape index (κ2) is 5.53. The molecule has 2 heterocycles. The number of aryl methyl sites for hydroxylation is 3. The topological polar surface area (TPSA) is 68.5 Å². The number of ether oxygens (including phenoxy) is 1. The van der Waals surface area contributed by atoms with E-state index in [2.05, 4.69) is 9.88 Å². The SMILES string of the molecule is Cc1cc(N2CCOCC2)c2c([N+](=O)[O-])c(C)cc(C)c2n1. The van der Waals surface area contributed by atoms with Crippen molar-refractivity contribution >= 4 is 22.3 Å². The van der Waals surface area contributed by atoms with Crippen LogP contribution in [0.15, 0.2) is 12.1 Å². The molecule has 0 amide bonds. The number of morpholine rings is 1. The monoisotopic (exact) mass is 301 g/mol. The molecule has 1 aromatic carbocycles. The van der Waals surface area contributed by atoms with Crippen LogP contribution >= 0.6 is 0 Å². The standard InChI is InChI=1S/C16H19N3O3/c1-10-8-11(2)16(19(20)21)14-13(9-12(3)17-15(10)14)18-4-6-22-7-5-18/h8-9H,4-7H2,1-3H3. The maximum absolute atomic E-state index is 11.6. The molecule has 116 valence electrons. The van der Waals surface area contributed by atoms with E-state index in [9.17, 15) is 10.1 Å². The molecule has 1 aromatic heterocycles. The van der Waals surface area contributed by atoms with E-state index in [1.807, 2.05) is 26.0 Å². The summed E-state index contributed by atoms with van der Waals surface area (Å²) in [6.45, 7) is 8.42. The summed E-state index contributed by atoms with van der Waals surface area (Å²) in [6.07, 6.45) is 0. The van der Waals surface area contributed by atoms with Crippen molar-refractivity contribution in [3.63, 3.8) is 0 Å². The summed E-state index contributed by atoms with van der Waals surface area (Å²) < 4.78 is 5.40. The van der Waals surface area contributed by atoms with Crippen molar-refractivity contribution in [2.24, 2.45) is 0 Å². The maximum Gasteiger partial charge on any atom is 0.283 e. The molecule has 0 saturated carbocycles. The van der Waals surface area contributed by atoms with Crippen molar-refractivity contribution in [2.75, 3.05) is 31.2 Å². The number of fused-ring (bicyclic) bond motifs is 1. The molecule has 1 saturated heterocycles. The van der Waals surface area contributed by atoms with Crippen LogP contribution < -0.4 is 4.90 Å². The van der Waals surface area contributed by atoms with Crippen molar-refractivity contribution in [3.05, 3.63) is 39.1 Å². The highest BCUT2D eigenvalue weighted by atomic mass is 16.6. The van der Waals surface area contributed by atoms with Gasteiger partial charge in [-0.15, -0.1) is 0 Å². The molecule has 1 aliphatic rings. The van der Waals surface area contributed by atoms with Gasteiger partial charge >= 0.3 is 0 Å². The van der Waals surface area contributed by atoms with E-state index in [1.54, 1.807) is 6.92 Å². The van der Waals surface area contributed by atoms with Crippen molar-refractivity contribution < 1.29 is 9.66 Å². The molecular weight excluding hydrogens is 282 g/mol. The summed E-state index contributed by atoms with van der Waals surface area (Å²) in [5, 5.41) is 12.2. The van der Waals surface area contributed by atoms with Crippen LogP contribution in [0.25, 0.3) is 10.9 Å². The Balaban J connectivity index is 2.36. The molecule has 0 spiro atoms. The van der Waals surface area contributed by atoms with E-state index in [1.165, 1.54) is 0 Å². The van der Waals surface area contributed by atoms with Crippen LogP contribution in [0.1, 0.15) is 16.8 Å². The smallest absolute Gasteiger partial charge is 0.283 e. The molecule has 3 rings (SSSR count). The number of rotatable bonds is 2. The number of nitrogens with zero attached hydrogens (tertiary/aromatic N) is 3. The summed E-state index contributed by atoms with van der Waals surface area (Å²) >= 11 is 0. The van der Waals surface area contributed by atoms with E-state index >= 15 is 0 Å². The minimum absolute atomic E-state index is 0.162. The molecule has 0 bridgehead atoms. The van der Waals surface area contributed by atoms with Crippen LogP contribution in [0.2, 0.25) is 0 Å². The number of pyridine rings is 1. The summed E-state index contributed by atoms with van der Waals surface area (Å²) in [6, 6.07) is 3.79. The number of hydrogen-bond donors (Lipinski definition) is 0. The van der Waals surface area contributed by atoms with Gasteiger partial charge in [0.25, 0.3) is 5.69 Å². The highest BCUT2D eigenvalue weighted by Crippen LogP contribution is 2.38. The number of aromatic nitrogens is 1. The summed E-state index contributed by atoms with van der Waals surface area (Å²) in [5.41, 5.74) is 4.29. The number of nitro benzene ring substituents is 1. The van der Waals surface area contributed by atoms with E-state index in [-0.39, 0.29) is 10.6 Å². The fourth-order valence-electron chi connectivity index (χ4n) is 3.12. The number of benzene rings is 1. The molecule has 1 fully saturated rings. The average Bonchev–Trinajstić information content (AvgIpc) is 2.48. The average molecular weight is 301 g/mol. The van der Waals surface area contributed by atoms with Crippen LogP contribution in [0.5, 0.6) is 0 Å². The molecule has 0 atom stereocenters. The Kier molecular flexibility index (Phi) is 3.70. The first-order chi connectivity index (χ1) is 10.5. The second-order valence-electron chi connectivity index (χ2n) is 5.72. The second-order valence-corrected chi connectivity index (χ2v) is 5.72. The highest BCUT2D eigenvalue weighted by Gasteiger charge is 2.25. The van der Waals surface area contributed by atoms with Crippen LogP contribution in [0, 0.1) is 30.9 Å². The van der Waals surface area contributed by atoms with Gasteiger partial charge in [-0.1, -0.05) is 0 Å². The third-order valence-electron chi connectivity index (χ3n) is 4.08. The Labute approximate surface area is 128 Å². The lowest BCUT2D eigenvalue weighted by Crippen LogP contribution is -2.36. The fourth-order valence-corrected chi connectivity index (χ4v) is 3.12. The first-order valence-corrected chi connectivity index (χ1v) is 7.37. The molecule has 0 unspecified atom stereocenters. The van der Waals surface area contributed by atoms with Crippen molar-refractivity contribution in [1.82, 2.24) is 4.98 Å². The molecule has 6 nitrogen and oxygen atoms in total. The van der Waals surface area contributed by atoms with Crippen molar-refractivity contribution in [2.45, 2.75) is 20.8 Å². The van der Waals surface area contributed by atoms with Gasteiger partial charge < -0.3 is 9.64 Å². The maximum atomic E-state index is 11.6. The van der Waals surface area contributed by atoms with E-state index in [0.717, 1.165) is 35.6 Å². The third-order valence-corrected chi connectivity index (χ3v) is 4.08.